The lowest BCUT2D eigenvalue weighted by atomic mass is 10.0. The summed E-state index contributed by atoms with van der Waals surface area (Å²) in [5, 5.41) is 19.5. The second-order valence-corrected chi connectivity index (χ2v) is 7.89. The zero-order chi connectivity index (χ0) is 22.0. The van der Waals surface area contributed by atoms with Gasteiger partial charge in [0.05, 0.1) is 6.61 Å². The van der Waals surface area contributed by atoms with Crippen molar-refractivity contribution in [2.24, 2.45) is 11.7 Å². The van der Waals surface area contributed by atoms with E-state index in [9.17, 15) is 15.0 Å². The van der Waals surface area contributed by atoms with E-state index >= 15 is 0 Å². The monoisotopic (exact) mass is 415 g/mol. The minimum atomic E-state index is -0.738. The number of hydrogen-bond acceptors (Lipinski definition) is 4. The maximum atomic E-state index is 11.3. The van der Waals surface area contributed by atoms with Crippen molar-refractivity contribution in [3.05, 3.63) is 77.9 Å². The summed E-state index contributed by atoms with van der Waals surface area (Å²) in [7, 11) is 0. The van der Waals surface area contributed by atoms with Crippen LogP contribution < -0.4 is 5.73 Å². The average Bonchev–Trinajstić information content (AvgIpc) is 3.44. The van der Waals surface area contributed by atoms with E-state index in [4.69, 9.17) is 5.73 Å². The summed E-state index contributed by atoms with van der Waals surface area (Å²) in [6.07, 6.45) is 3.40. The fraction of sp³-hybridized carbons (Fsp3) is 0.280. The van der Waals surface area contributed by atoms with Gasteiger partial charge in [0.25, 0.3) is 0 Å². The molecule has 2 aromatic carbocycles. The number of carbonyl (C=O) groups excluding carboxylic acids is 1. The first kappa shape index (κ1) is 20.9. The number of carbonyl (C=O) groups is 1. The Morgan fingerprint density at radius 3 is 2.39 bits per heavy atom. The number of amides is 1. The van der Waals surface area contributed by atoms with E-state index in [0.29, 0.717) is 5.82 Å². The molecule has 1 aliphatic rings. The van der Waals surface area contributed by atoms with Crippen LogP contribution in [0.15, 0.2) is 60.9 Å². The highest BCUT2D eigenvalue weighted by Gasteiger charge is 2.42. The van der Waals surface area contributed by atoms with Crippen molar-refractivity contribution in [3.8, 4) is 23.0 Å². The van der Waals surface area contributed by atoms with Gasteiger partial charge < -0.3 is 20.5 Å². The molecule has 1 heterocycles. The molecule has 3 aromatic rings. The van der Waals surface area contributed by atoms with Crippen molar-refractivity contribution in [2.75, 3.05) is 6.61 Å². The molecule has 4 atom stereocenters. The van der Waals surface area contributed by atoms with Crippen molar-refractivity contribution in [1.82, 2.24) is 9.55 Å². The molecular weight excluding hydrogens is 390 g/mol. The number of imidazole rings is 1. The SMILES string of the molecule is C[C@H](O)c1nccn1[C@@H](C#Cc1ccc(-c2ccc([C@@H]3C[C@H]3C(N)=O)cc2)cc1)CO. The Kier molecular flexibility index (Phi) is 5.90. The minimum absolute atomic E-state index is 0.0227. The zero-order valence-corrected chi connectivity index (χ0v) is 17.3. The molecular formula is C25H25N3O3. The molecule has 0 spiro atoms. The van der Waals surface area contributed by atoms with E-state index in [2.05, 4.69) is 41.1 Å². The number of aromatic nitrogens is 2. The highest BCUT2D eigenvalue weighted by atomic mass is 16.3. The lowest BCUT2D eigenvalue weighted by Gasteiger charge is -2.14. The van der Waals surface area contributed by atoms with Gasteiger partial charge in [-0.2, -0.15) is 0 Å². The molecule has 1 saturated carbocycles. The van der Waals surface area contributed by atoms with Gasteiger partial charge in [0.1, 0.15) is 18.0 Å². The summed E-state index contributed by atoms with van der Waals surface area (Å²) in [6.45, 7) is 1.46. The summed E-state index contributed by atoms with van der Waals surface area (Å²) in [5.74, 6) is 6.64. The quantitative estimate of drug-likeness (QED) is 0.539. The first-order valence-corrected chi connectivity index (χ1v) is 10.3. The Morgan fingerprint density at radius 1 is 1.19 bits per heavy atom. The topological polar surface area (TPSA) is 101 Å². The number of nitrogens with zero attached hydrogens (tertiary/aromatic N) is 2. The number of hydrogen-bond donors (Lipinski definition) is 3. The van der Waals surface area contributed by atoms with Gasteiger partial charge in [0, 0.05) is 23.9 Å². The van der Waals surface area contributed by atoms with Crippen LogP contribution >= 0.6 is 0 Å². The Hall–Kier alpha value is -3.40. The van der Waals surface area contributed by atoms with Crippen LogP contribution in [0.25, 0.3) is 11.1 Å². The third kappa shape index (κ3) is 4.53. The molecule has 0 bridgehead atoms. The number of benzene rings is 2. The first-order chi connectivity index (χ1) is 15.0. The molecule has 31 heavy (non-hydrogen) atoms. The van der Waals surface area contributed by atoms with E-state index in [0.717, 1.165) is 28.7 Å². The van der Waals surface area contributed by atoms with E-state index in [1.165, 1.54) is 0 Å². The molecule has 1 aromatic heterocycles. The maximum absolute atomic E-state index is 11.3. The molecule has 4 N–H and O–H groups in total. The van der Waals surface area contributed by atoms with Crippen LogP contribution in [0, 0.1) is 17.8 Å². The maximum Gasteiger partial charge on any atom is 0.221 e. The van der Waals surface area contributed by atoms with Gasteiger partial charge in [-0.3, -0.25) is 4.79 Å². The van der Waals surface area contributed by atoms with Crippen LogP contribution in [0.3, 0.4) is 0 Å². The van der Waals surface area contributed by atoms with Crippen LogP contribution in [-0.4, -0.2) is 32.3 Å². The normalized spacial score (nSPS) is 19.2. The van der Waals surface area contributed by atoms with E-state index in [1.807, 2.05) is 24.3 Å². The van der Waals surface area contributed by atoms with Crippen LogP contribution in [0.4, 0.5) is 0 Å². The molecule has 0 aliphatic heterocycles. The second kappa shape index (κ2) is 8.76. The first-order valence-electron chi connectivity index (χ1n) is 10.3. The van der Waals surface area contributed by atoms with Gasteiger partial charge in [0.15, 0.2) is 0 Å². The molecule has 0 saturated heterocycles. The van der Waals surface area contributed by atoms with Crippen molar-refractivity contribution >= 4 is 5.91 Å². The highest BCUT2D eigenvalue weighted by Crippen LogP contribution is 2.47. The number of aliphatic hydroxyl groups excluding tert-OH is 2. The molecule has 158 valence electrons. The second-order valence-electron chi connectivity index (χ2n) is 7.89. The summed E-state index contributed by atoms with van der Waals surface area (Å²) in [6, 6.07) is 15.7. The Labute approximate surface area is 181 Å². The third-order valence-electron chi connectivity index (χ3n) is 5.68. The van der Waals surface area contributed by atoms with Crippen molar-refractivity contribution in [1.29, 1.82) is 0 Å². The number of nitrogens with two attached hydrogens (primary N) is 1. The average molecular weight is 415 g/mol. The van der Waals surface area contributed by atoms with E-state index in [1.54, 1.807) is 23.9 Å². The summed E-state index contributed by atoms with van der Waals surface area (Å²) < 4.78 is 1.69. The molecule has 0 radical (unpaired) electrons. The highest BCUT2D eigenvalue weighted by molar-refractivity contribution is 5.81. The van der Waals surface area contributed by atoms with Gasteiger partial charge in [-0.25, -0.2) is 4.98 Å². The van der Waals surface area contributed by atoms with Crippen LogP contribution in [-0.2, 0) is 4.79 Å². The summed E-state index contributed by atoms with van der Waals surface area (Å²) >= 11 is 0. The Bertz CT molecular complexity index is 1120. The van der Waals surface area contributed by atoms with Gasteiger partial charge in [0.2, 0.25) is 5.91 Å². The summed E-state index contributed by atoms with van der Waals surface area (Å²) in [4.78, 5) is 15.4. The fourth-order valence-corrected chi connectivity index (χ4v) is 3.83. The van der Waals surface area contributed by atoms with Gasteiger partial charge in [-0.05, 0) is 48.1 Å². The molecule has 1 amide bonds. The molecule has 6 heteroatoms. The van der Waals surface area contributed by atoms with Gasteiger partial charge in [-0.15, -0.1) is 0 Å². The van der Waals surface area contributed by atoms with Crippen LogP contribution in [0.5, 0.6) is 0 Å². The van der Waals surface area contributed by atoms with Gasteiger partial charge >= 0.3 is 0 Å². The van der Waals surface area contributed by atoms with Crippen molar-refractivity contribution in [3.63, 3.8) is 0 Å². The minimum Gasteiger partial charge on any atom is -0.393 e. The van der Waals surface area contributed by atoms with Crippen molar-refractivity contribution < 1.29 is 15.0 Å². The fourth-order valence-electron chi connectivity index (χ4n) is 3.83. The Balaban J connectivity index is 1.46. The van der Waals surface area contributed by atoms with E-state index in [-0.39, 0.29) is 24.3 Å². The number of primary amides is 1. The standard InChI is InChI=1S/C25H25N3O3/c1-16(30)25-27-12-13-28(25)21(15-29)11-4-17-2-5-18(6-3-17)19-7-9-20(10-8-19)22-14-23(22)24(26)31/h2-3,5-10,12-13,16,21-23,29-30H,14-15H2,1H3,(H2,26,31)/t16-,21-,22-,23+/m0/s1. The smallest absolute Gasteiger partial charge is 0.221 e. The lowest BCUT2D eigenvalue weighted by Crippen LogP contribution is -2.15. The van der Waals surface area contributed by atoms with Gasteiger partial charge in [-0.1, -0.05) is 48.2 Å². The number of aliphatic hydroxyl groups is 2. The Morgan fingerprint density at radius 2 is 1.84 bits per heavy atom. The molecule has 6 nitrogen and oxygen atoms in total. The third-order valence-corrected chi connectivity index (χ3v) is 5.68. The van der Waals surface area contributed by atoms with E-state index < -0.39 is 12.1 Å². The molecule has 4 rings (SSSR count). The molecule has 1 aliphatic carbocycles. The largest absolute Gasteiger partial charge is 0.393 e. The van der Waals surface area contributed by atoms with Crippen LogP contribution in [0.1, 0.15) is 48.4 Å². The van der Waals surface area contributed by atoms with Crippen molar-refractivity contribution in [2.45, 2.75) is 31.4 Å². The predicted octanol–water partition coefficient (Wildman–Crippen LogP) is 2.78. The zero-order valence-electron chi connectivity index (χ0n) is 17.3. The lowest BCUT2D eigenvalue weighted by molar-refractivity contribution is -0.119. The predicted molar refractivity (Wildman–Crippen MR) is 118 cm³/mol. The number of rotatable bonds is 6. The summed E-state index contributed by atoms with van der Waals surface area (Å²) in [5.41, 5.74) is 9.53. The molecule has 1 fully saturated rings. The van der Waals surface area contributed by atoms with Crippen LogP contribution in [0.2, 0.25) is 0 Å². The molecule has 0 unspecified atom stereocenters.